The molecule has 1 N–H and O–H groups in total. The summed E-state index contributed by atoms with van der Waals surface area (Å²) in [4.78, 5) is 32.3. The third-order valence-corrected chi connectivity index (χ3v) is 6.15. The molecule has 0 unspecified atom stereocenters. The van der Waals surface area contributed by atoms with E-state index in [0.717, 1.165) is 0 Å². The van der Waals surface area contributed by atoms with Crippen LogP contribution >= 0.6 is 11.8 Å². The minimum atomic E-state index is -3.24. The van der Waals surface area contributed by atoms with Gasteiger partial charge in [-0.05, 0) is 24.3 Å². The zero-order valence-corrected chi connectivity index (χ0v) is 17.2. The van der Waals surface area contributed by atoms with Crippen LogP contribution in [0.25, 0.3) is 10.9 Å². The second-order valence-corrected chi connectivity index (χ2v) is 8.16. The molecule has 1 aromatic heterocycles. The first-order chi connectivity index (χ1) is 14.9. The summed E-state index contributed by atoms with van der Waals surface area (Å²) in [5.74, 6) is 0.151. The van der Waals surface area contributed by atoms with Crippen molar-refractivity contribution >= 4 is 40.2 Å². The maximum Gasteiger partial charge on any atom is 0.373 e. The fourth-order valence-electron chi connectivity index (χ4n) is 3.55. The minimum absolute atomic E-state index is 0.105. The molecule has 1 aromatic carbocycles. The predicted molar refractivity (Wildman–Crippen MR) is 111 cm³/mol. The second-order valence-electron chi connectivity index (χ2n) is 7.16. The predicted octanol–water partition coefficient (Wildman–Crippen LogP) is 1.82. The average Bonchev–Trinajstić information content (AvgIpc) is 3.25. The normalized spacial score (nSPS) is 20.5. The highest BCUT2D eigenvalue weighted by Crippen LogP contribution is 2.29. The van der Waals surface area contributed by atoms with Crippen molar-refractivity contribution in [3.05, 3.63) is 36.0 Å². The summed E-state index contributed by atoms with van der Waals surface area (Å²) < 4.78 is 31.7. The van der Waals surface area contributed by atoms with Gasteiger partial charge in [0.05, 0.1) is 36.2 Å². The van der Waals surface area contributed by atoms with Crippen molar-refractivity contribution in [1.82, 2.24) is 15.2 Å². The molecule has 31 heavy (non-hydrogen) atoms. The van der Waals surface area contributed by atoms with Crippen molar-refractivity contribution in [3.8, 4) is 6.07 Å². The number of amides is 2. The quantitative estimate of drug-likeness (QED) is 0.763. The van der Waals surface area contributed by atoms with E-state index in [2.05, 4.69) is 21.1 Å². The van der Waals surface area contributed by atoms with E-state index in [1.165, 1.54) is 33.8 Å². The van der Waals surface area contributed by atoms with E-state index in [1.807, 2.05) is 0 Å². The van der Waals surface area contributed by atoms with Crippen LogP contribution in [0, 0.1) is 11.3 Å². The van der Waals surface area contributed by atoms with Gasteiger partial charge in [0.1, 0.15) is 12.6 Å². The molecule has 2 aromatic rings. The Morgan fingerprint density at radius 1 is 1.39 bits per heavy atom. The lowest BCUT2D eigenvalue weighted by molar-refractivity contribution is -0.240. The number of nitrogens with one attached hydrogen (secondary N) is 1. The van der Waals surface area contributed by atoms with Gasteiger partial charge in [-0.2, -0.15) is 14.0 Å². The average molecular weight is 447 g/mol. The number of carbonyl (C=O) groups excluding carboxylic acids is 2. The Balaban J connectivity index is 1.52. The van der Waals surface area contributed by atoms with Crippen LogP contribution in [-0.2, 0) is 9.53 Å². The Morgan fingerprint density at radius 2 is 2.23 bits per heavy atom. The molecular weight excluding hydrogens is 428 g/mol. The van der Waals surface area contributed by atoms with Gasteiger partial charge in [0.2, 0.25) is 5.91 Å². The molecule has 0 saturated carbocycles. The Labute approximate surface area is 181 Å². The summed E-state index contributed by atoms with van der Waals surface area (Å²) in [6, 6.07) is 8.08. The van der Waals surface area contributed by atoms with Crippen LogP contribution in [0.4, 0.5) is 14.5 Å². The SMILES string of the molecule is N#C[C@@H]1CSCN1C(=O)CNC(=O)c1ccnc2ccc(N3CCOC(F)(F)C3)cc12. The Hall–Kier alpha value is -2.97. The standard InChI is InChI=1S/C20H19F2N5O3S/c21-20(22)11-26(5-6-30-20)13-1-2-17-16(7-13)15(3-4-24-17)19(29)25-9-18(28)27-12-31-10-14(27)8-23/h1-4,7,14H,5-6,9-12H2,(H,25,29)/t14-/m1/s1. The number of rotatable bonds is 4. The number of thioether (sulfide) groups is 1. The van der Waals surface area contributed by atoms with Crippen molar-refractivity contribution in [2.75, 3.05) is 42.8 Å². The number of benzene rings is 1. The number of hydrogen-bond acceptors (Lipinski definition) is 7. The van der Waals surface area contributed by atoms with Crippen LogP contribution in [0.2, 0.25) is 0 Å². The zero-order valence-electron chi connectivity index (χ0n) is 16.4. The number of ether oxygens (including phenoxy) is 1. The molecule has 0 bridgehead atoms. The number of pyridine rings is 1. The van der Waals surface area contributed by atoms with Gasteiger partial charge in [0.25, 0.3) is 5.91 Å². The maximum atomic E-state index is 13.6. The number of aromatic nitrogens is 1. The fourth-order valence-corrected chi connectivity index (χ4v) is 4.65. The van der Waals surface area contributed by atoms with E-state index >= 15 is 0 Å². The topological polar surface area (TPSA) is 98.6 Å². The van der Waals surface area contributed by atoms with E-state index < -0.39 is 24.6 Å². The molecule has 8 nitrogen and oxygen atoms in total. The molecule has 162 valence electrons. The summed E-state index contributed by atoms with van der Waals surface area (Å²) in [5.41, 5.74) is 1.34. The first-order valence-electron chi connectivity index (χ1n) is 9.58. The lowest BCUT2D eigenvalue weighted by Crippen LogP contribution is -2.46. The molecular formula is C20H19F2N5O3S. The Kier molecular flexibility index (Phi) is 5.93. The summed E-state index contributed by atoms with van der Waals surface area (Å²) in [6.07, 6.45) is -1.76. The molecule has 0 radical (unpaired) electrons. The number of nitrogens with zero attached hydrogens (tertiary/aromatic N) is 4. The van der Waals surface area contributed by atoms with Crippen molar-refractivity contribution in [2.45, 2.75) is 12.2 Å². The van der Waals surface area contributed by atoms with E-state index in [-0.39, 0.29) is 24.6 Å². The van der Waals surface area contributed by atoms with Gasteiger partial charge < -0.3 is 19.9 Å². The molecule has 2 fully saturated rings. The summed E-state index contributed by atoms with van der Waals surface area (Å²) in [5, 5.41) is 12.2. The van der Waals surface area contributed by atoms with Crippen molar-refractivity contribution in [1.29, 1.82) is 5.26 Å². The number of morpholine rings is 1. The highest BCUT2D eigenvalue weighted by molar-refractivity contribution is 7.99. The molecule has 1 atom stereocenters. The molecule has 0 spiro atoms. The molecule has 11 heteroatoms. The van der Waals surface area contributed by atoms with Gasteiger partial charge in [-0.3, -0.25) is 14.6 Å². The van der Waals surface area contributed by atoms with Crippen LogP contribution in [-0.4, -0.2) is 71.7 Å². The Morgan fingerprint density at radius 3 is 3.00 bits per heavy atom. The van der Waals surface area contributed by atoms with Gasteiger partial charge in [-0.1, -0.05) is 0 Å². The number of carbonyl (C=O) groups is 2. The highest BCUT2D eigenvalue weighted by atomic mass is 32.2. The Bertz CT molecular complexity index is 1060. The highest BCUT2D eigenvalue weighted by Gasteiger charge is 2.37. The molecule has 3 heterocycles. The van der Waals surface area contributed by atoms with Crippen LogP contribution in [0.1, 0.15) is 10.4 Å². The third kappa shape index (κ3) is 4.55. The number of hydrogen-bond donors (Lipinski definition) is 1. The molecule has 4 rings (SSSR count). The fraction of sp³-hybridized carbons (Fsp3) is 0.400. The van der Waals surface area contributed by atoms with E-state index in [0.29, 0.717) is 34.8 Å². The summed E-state index contributed by atoms with van der Waals surface area (Å²) in [6.45, 7) is -0.628. The van der Waals surface area contributed by atoms with Gasteiger partial charge in [-0.15, -0.1) is 11.8 Å². The van der Waals surface area contributed by atoms with Crippen LogP contribution in [0.5, 0.6) is 0 Å². The lowest BCUT2D eigenvalue weighted by Gasteiger charge is -2.34. The van der Waals surface area contributed by atoms with E-state index in [1.54, 1.807) is 18.2 Å². The maximum absolute atomic E-state index is 13.6. The lowest BCUT2D eigenvalue weighted by atomic mass is 10.1. The molecule has 2 aliphatic heterocycles. The molecule has 0 aliphatic carbocycles. The first kappa shape index (κ1) is 21.3. The largest absolute Gasteiger partial charge is 0.373 e. The number of halogens is 2. The number of anilines is 1. The van der Waals surface area contributed by atoms with E-state index in [4.69, 9.17) is 5.26 Å². The summed E-state index contributed by atoms with van der Waals surface area (Å²) >= 11 is 1.49. The van der Waals surface area contributed by atoms with Crippen molar-refractivity contribution in [2.24, 2.45) is 0 Å². The zero-order chi connectivity index (χ0) is 22.0. The monoisotopic (exact) mass is 447 g/mol. The second kappa shape index (κ2) is 8.64. The van der Waals surface area contributed by atoms with Gasteiger partial charge in [0.15, 0.2) is 0 Å². The van der Waals surface area contributed by atoms with Crippen molar-refractivity contribution < 1.29 is 23.1 Å². The third-order valence-electron chi connectivity index (χ3n) is 5.14. The minimum Gasteiger partial charge on any atom is -0.360 e. The number of nitriles is 1. The van der Waals surface area contributed by atoms with Crippen LogP contribution < -0.4 is 10.2 Å². The van der Waals surface area contributed by atoms with Crippen molar-refractivity contribution in [3.63, 3.8) is 0 Å². The van der Waals surface area contributed by atoms with Crippen LogP contribution in [0.15, 0.2) is 30.5 Å². The van der Waals surface area contributed by atoms with Gasteiger partial charge in [-0.25, -0.2) is 0 Å². The van der Waals surface area contributed by atoms with Gasteiger partial charge in [0, 0.05) is 29.6 Å². The number of fused-ring (bicyclic) bond motifs is 1. The first-order valence-corrected chi connectivity index (χ1v) is 10.7. The summed E-state index contributed by atoms with van der Waals surface area (Å²) in [7, 11) is 0. The van der Waals surface area contributed by atoms with Crippen LogP contribution in [0.3, 0.4) is 0 Å². The number of alkyl halides is 2. The molecule has 2 saturated heterocycles. The smallest absolute Gasteiger partial charge is 0.360 e. The van der Waals surface area contributed by atoms with Gasteiger partial charge >= 0.3 is 6.11 Å². The molecule has 2 aliphatic rings. The van der Waals surface area contributed by atoms with E-state index in [9.17, 15) is 18.4 Å². The molecule has 2 amide bonds.